The number of rotatable bonds is 6. The minimum Gasteiger partial charge on any atom is -0.458 e. The minimum atomic E-state index is -0.269. The largest absolute Gasteiger partial charge is 0.458 e. The van der Waals surface area contributed by atoms with Crippen molar-refractivity contribution in [2.45, 2.75) is 33.6 Å². The van der Waals surface area contributed by atoms with Gasteiger partial charge in [-0.3, -0.25) is 0 Å². The molecule has 0 saturated carbocycles. The maximum absolute atomic E-state index is 11.8. The quantitative estimate of drug-likeness (QED) is 0.386. The van der Waals surface area contributed by atoms with Gasteiger partial charge in [0, 0.05) is 3.57 Å². The van der Waals surface area contributed by atoms with Crippen LogP contribution in [-0.4, -0.2) is 12.6 Å². The van der Waals surface area contributed by atoms with Crippen molar-refractivity contribution in [3.8, 4) is 0 Å². The zero-order chi connectivity index (χ0) is 15.0. The van der Waals surface area contributed by atoms with E-state index in [1.807, 2.05) is 18.2 Å². The molecule has 0 unspecified atom stereocenters. The molecule has 0 atom stereocenters. The number of hydrogen-bond donors (Lipinski definition) is 0. The summed E-state index contributed by atoms with van der Waals surface area (Å²) in [5.41, 5.74) is 3.18. The summed E-state index contributed by atoms with van der Waals surface area (Å²) < 4.78 is 6.34. The zero-order valence-electron chi connectivity index (χ0n) is 12.3. The van der Waals surface area contributed by atoms with Gasteiger partial charge in [0.2, 0.25) is 0 Å². The van der Waals surface area contributed by atoms with Crippen LogP contribution in [0.4, 0.5) is 0 Å². The smallest absolute Gasteiger partial charge is 0.338 e. The Bertz CT molecular complexity index is 494. The van der Waals surface area contributed by atoms with Crippen LogP contribution in [0.25, 0.3) is 0 Å². The number of carbonyl (C=O) groups excluding carboxylic acids is 1. The van der Waals surface area contributed by atoms with E-state index in [0.29, 0.717) is 12.2 Å². The number of allylic oxidation sites excluding steroid dienone is 3. The van der Waals surface area contributed by atoms with Crippen molar-refractivity contribution in [2.24, 2.45) is 0 Å². The number of ether oxygens (including phenoxy) is 1. The van der Waals surface area contributed by atoms with Crippen molar-refractivity contribution in [3.63, 3.8) is 0 Å². The maximum atomic E-state index is 11.8. The molecule has 20 heavy (non-hydrogen) atoms. The van der Waals surface area contributed by atoms with Crippen molar-refractivity contribution in [3.05, 3.63) is 56.7 Å². The van der Waals surface area contributed by atoms with Crippen molar-refractivity contribution >= 4 is 28.6 Å². The Labute approximate surface area is 135 Å². The third-order valence-electron chi connectivity index (χ3n) is 2.82. The van der Waals surface area contributed by atoms with Gasteiger partial charge in [-0.15, -0.1) is 0 Å². The molecule has 1 rings (SSSR count). The lowest BCUT2D eigenvalue weighted by Crippen LogP contribution is -2.05. The molecule has 0 radical (unpaired) electrons. The van der Waals surface area contributed by atoms with Gasteiger partial charge in [0.25, 0.3) is 0 Å². The molecule has 1 aromatic rings. The topological polar surface area (TPSA) is 26.3 Å². The third kappa shape index (κ3) is 6.89. The Morgan fingerprint density at radius 1 is 1.15 bits per heavy atom. The first-order chi connectivity index (χ1) is 9.49. The van der Waals surface area contributed by atoms with Gasteiger partial charge in [-0.25, -0.2) is 4.79 Å². The Kier molecular flexibility index (Phi) is 7.59. The van der Waals surface area contributed by atoms with E-state index in [4.69, 9.17) is 4.74 Å². The summed E-state index contributed by atoms with van der Waals surface area (Å²) in [6.07, 6.45) is 6.24. The second kappa shape index (κ2) is 8.95. The Hall–Kier alpha value is -1.10. The van der Waals surface area contributed by atoms with Crippen LogP contribution >= 0.6 is 22.6 Å². The van der Waals surface area contributed by atoms with E-state index in [-0.39, 0.29) is 5.97 Å². The molecular formula is C17H21IO2. The molecule has 108 valence electrons. The number of benzene rings is 1. The summed E-state index contributed by atoms with van der Waals surface area (Å²) in [6.45, 7) is 6.60. The molecule has 1 aromatic carbocycles. The fraction of sp³-hybridized carbons (Fsp3) is 0.353. The highest BCUT2D eigenvalue weighted by atomic mass is 127. The number of hydrogen-bond acceptors (Lipinski definition) is 2. The average Bonchev–Trinajstić information content (AvgIpc) is 2.39. The normalized spacial score (nSPS) is 11.1. The molecule has 0 amide bonds. The van der Waals surface area contributed by atoms with E-state index in [2.05, 4.69) is 49.4 Å². The van der Waals surface area contributed by atoms with Crippen LogP contribution in [0.5, 0.6) is 0 Å². The van der Waals surface area contributed by atoms with Gasteiger partial charge < -0.3 is 4.74 Å². The lowest BCUT2D eigenvalue weighted by Gasteiger charge is -2.03. The van der Waals surface area contributed by atoms with Crippen LogP contribution in [0, 0.1) is 3.57 Å². The number of carbonyl (C=O) groups is 1. The van der Waals surface area contributed by atoms with Crippen molar-refractivity contribution < 1.29 is 9.53 Å². The lowest BCUT2D eigenvalue weighted by molar-refractivity contribution is 0.0549. The molecule has 0 saturated heterocycles. The van der Waals surface area contributed by atoms with E-state index in [1.54, 1.807) is 12.1 Å². The van der Waals surface area contributed by atoms with Crippen LogP contribution in [0.3, 0.4) is 0 Å². The Morgan fingerprint density at radius 3 is 2.40 bits per heavy atom. The average molecular weight is 384 g/mol. The van der Waals surface area contributed by atoms with Crippen molar-refractivity contribution in [2.75, 3.05) is 6.61 Å². The maximum Gasteiger partial charge on any atom is 0.338 e. The number of esters is 1. The molecule has 0 heterocycles. The van der Waals surface area contributed by atoms with E-state index >= 15 is 0 Å². The fourth-order valence-corrected chi connectivity index (χ4v) is 1.98. The van der Waals surface area contributed by atoms with Gasteiger partial charge in [-0.2, -0.15) is 0 Å². The Morgan fingerprint density at radius 2 is 1.80 bits per heavy atom. The van der Waals surface area contributed by atoms with Gasteiger partial charge in [-0.1, -0.05) is 17.2 Å². The monoisotopic (exact) mass is 384 g/mol. The highest BCUT2D eigenvalue weighted by Crippen LogP contribution is 2.09. The van der Waals surface area contributed by atoms with E-state index in [1.165, 1.54) is 11.1 Å². The summed E-state index contributed by atoms with van der Waals surface area (Å²) in [7, 11) is 0. The first-order valence-electron chi connectivity index (χ1n) is 6.70. The molecule has 0 fully saturated rings. The van der Waals surface area contributed by atoms with Crippen LogP contribution in [0.2, 0.25) is 0 Å². The van der Waals surface area contributed by atoms with Crippen LogP contribution < -0.4 is 0 Å². The fourth-order valence-electron chi connectivity index (χ4n) is 1.62. The summed E-state index contributed by atoms with van der Waals surface area (Å²) in [6, 6.07) is 7.38. The van der Waals surface area contributed by atoms with E-state index in [0.717, 1.165) is 16.4 Å². The number of halogens is 1. The van der Waals surface area contributed by atoms with E-state index < -0.39 is 0 Å². The Balaban J connectivity index is 2.37. The second-order valence-electron chi connectivity index (χ2n) is 4.98. The van der Waals surface area contributed by atoms with E-state index in [9.17, 15) is 4.79 Å². The van der Waals surface area contributed by atoms with Crippen LogP contribution in [0.15, 0.2) is 47.6 Å². The molecule has 0 bridgehead atoms. The summed E-state index contributed by atoms with van der Waals surface area (Å²) in [5.74, 6) is -0.269. The third-order valence-corrected chi connectivity index (χ3v) is 3.54. The lowest BCUT2D eigenvalue weighted by atomic mass is 10.1. The molecule has 3 heteroatoms. The van der Waals surface area contributed by atoms with Gasteiger partial charge in [0.05, 0.1) is 5.56 Å². The molecule has 0 aliphatic carbocycles. The molecule has 0 N–H and O–H groups in total. The van der Waals surface area contributed by atoms with Gasteiger partial charge in [0.1, 0.15) is 6.61 Å². The molecule has 2 nitrogen and oxygen atoms in total. The summed E-state index contributed by atoms with van der Waals surface area (Å²) in [5, 5.41) is 0. The predicted octanol–water partition coefficient (Wildman–Crippen LogP) is 5.14. The van der Waals surface area contributed by atoms with Crippen LogP contribution in [0.1, 0.15) is 44.0 Å². The molecule has 0 spiro atoms. The SMILES string of the molecule is CC(C)=CCC/C(C)=C/COC(=O)c1ccc(I)cc1. The molecule has 0 aromatic heterocycles. The van der Waals surface area contributed by atoms with Crippen LogP contribution in [-0.2, 0) is 4.74 Å². The second-order valence-corrected chi connectivity index (χ2v) is 6.22. The first-order valence-corrected chi connectivity index (χ1v) is 7.78. The summed E-state index contributed by atoms with van der Waals surface area (Å²) >= 11 is 2.21. The highest BCUT2D eigenvalue weighted by molar-refractivity contribution is 14.1. The highest BCUT2D eigenvalue weighted by Gasteiger charge is 2.05. The van der Waals surface area contributed by atoms with Gasteiger partial charge in [0.15, 0.2) is 0 Å². The zero-order valence-corrected chi connectivity index (χ0v) is 14.4. The molecular weight excluding hydrogens is 363 g/mol. The standard InChI is InChI=1S/C17H21IO2/c1-13(2)5-4-6-14(3)11-12-20-17(19)15-7-9-16(18)10-8-15/h5,7-11H,4,6,12H2,1-3H3/b14-11+. The van der Waals surface area contributed by atoms with Gasteiger partial charge in [-0.05, 0) is 86.5 Å². The molecule has 0 aliphatic heterocycles. The summed E-state index contributed by atoms with van der Waals surface area (Å²) in [4.78, 5) is 11.8. The predicted molar refractivity (Wildman–Crippen MR) is 91.9 cm³/mol. The first kappa shape index (κ1) is 17.0. The van der Waals surface area contributed by atoms with Crippen molar-refractivity contribution in [1.82, 2.24) is 0 Å². The van der Waals surface area contributed by atoms with Gasteiger partial charge >= 0.3 is 5.97 Å². The van der Waals surface area contributed by atoms with Crippen molar-refractivity contribution in [1.29, 1.82) is 0 Å². The molecule has 0 aliphatic rings. The minimum absolute atomic E-state index is 0.269.